The van der Waals surface area contributed by atoms with Crippen molar-refractivity contribution in [3.8, 4) is 17.1 Å². The van der Waals surface area contributed by atoms with Crippen LogP contribution in [0.1, 0.15) is 35.1 Å². The van der Waals surface area contributed by atoms with Crippen molar-refractivity contribution in [1.82, 2.24) is 15.0 Å². The van der Waals surface area contributed by atoms with Gasteiger partial charge in [0.15, 0.2) is 0 Å². The summed E-state index contributed by atoms with van der Waals surface area (Å²) < 4.78 is 38.2. The number of carbonyl (C=O) groups is 1. The Balaban J connectivity index is 1.63. The minimum Gasteiger partial charge on any atom is -0.496 e. The third kappa shape index (κ3) is 3.21. The lowest BCUT2D eigenvalue weighted by atomic mass is 10.1. The van der Waals surface area contributed by atoms with Crippen LogP contribution in [-0.2, 0) is 0 Å². The van der Waals surface area contributed by atoms with Gasteiger partial charge in [0.25, 0.3) is 5.91 Å². The summed E-state index contributed by atoms with van der Waals surface area (Å²) in [7, 11) is 1.55. The van der Waals surface area contributed by atoms with E-state index in [9.17, 15) is 13.6 Å². The molecule has 4 rings (SSSR count). The van der Waals surface area contributed by atoms with E-state index in [-0.39, 0.29) is 11.5 Å². The van der Waals surface area contributed by atoms with Gasteiger partial charge in [-0.2, -0.15) is 4.98 Å². The van der Waals surface area contributed by atoms with Crippen LogP contribution in [0.15, 0.2) is 47.0 Å². The molecule has 2 aromatic carbocycles. The largest absolute Gasteiger partial charge is 0.496 e. The summed E-state index contributed by atoms with van der Waals surface area (Å²) in [4.78, 5) is 18.7. The fourth-order valence-electron chi connectivity index (χ4n) is 3.39. The maximum absolute atomic E-state index is 14.0. The Hall–Kier alpha value is -3.29. The van der Waals surface area contributed by atoms with Crippen LogP contribution in [0.25, 0.3) is 11.4 Å². The number of ether oxygens (including phenoxy) is 1. The van der Waals surface area contributed by atoms with Crippen LogP contribution in [-0.4, -0.2) is 34.6 Å². The van der Waals surface area contributed by atoms with Crippen molar-refractivity contribution in [2.24, 2.45) is 0 Å². The van der Waals surface area contributed by atoms with Crippen molar-refractivity contribution < 1.29 is 22.8 Å². The summed E-state index contributed by atoms with van der Waals surface area (Å²) in [6.45, 7) is 0.395. The van der Waals surface area contributed by atoms with Crippen LogP contribution in [0, 0.1) is 11.6 Å². The average molecular weight is 385 g/mol. The molecule has 6 nitrogen and oxygen atoms in total. The van der Waals surface area contributed by atoms with Crippen molar-refractivity contribution in [3.05, 3.63) is 65.6 Å². The number of aromatic nitrogens is 2. The van der Waals surface area contributed by atoms with Crippen molar-refractivity contribution in [2.75, 3.05) is 13.7 Å². The summed E-state index contributed by atoms with van der Waals surface area (Å²) in [5.74, 6) is -0.853. The van der Waals surface area contributed by atoms with E-state index in [4.69, 9.17) is 9.26 Å². The second kappa shape index (κ2) is 7.38. The standard InChI is InChI=1S/C20H17F2N3O3/c1-27-17-7-3-2-5-13(17)18-23-19(28-24-18)16-6-4-10-25(16)20(26)14-11-12(21)8-9-15(14)22/h2-3,5,7-9,11,16H,4,6,10H2,1H3/t16-/m0/s1. The van der Waals surface area contributed by atoms with Gasteiger partial charge in [-0.1, -0.05) is 17.3 Å². The molecule has 0 unspecified atom stereocenters. The Morgan fingerprint density at radius 2 is 2.07 bits per heavy atom. The molecule has 1 amide bonds. The Morgan fingerprint density at radius 3 is 2.89 bits per heavy atom. The van der Waals surface area contributed by atoms with E-state index in [1.807, 2.05) is 12.1 Å². The molecule has 0 saturated carbocycles. The zero-order chi connectivity index (χ0) is 19.7. The molecule has 28 heavy (non-hydrogen) atoms. The Kier molecular flexibility index (Phi) is 4.77. The smallest absolute Gasteiger partial charge is 0.257 e. The van der Waals surface area contributed by atoms with Crippen LogP contribution < -0.4 is 4.74 Å². The van der Waals surface area contributed by atoms with Gasteiger partial charge in [-0.15, -0.1) is 0 Å². The highest BCUT2D eigenvalue weighted by Gasteiger charge is 2.35. The van der Waals surface area contributed by atoms with Crippen LogP contribution in [0.5, 0.6) is 5.75 Å². The quantitative estimate of drug-likeness (QED) is 0.679. The zero-order valence-electron chi connectivity index (χ0n) is 15.1. The first kappa shape index (κ1) is 18.1. The van der Waals surface area contributed by atoms with Gasteiger partial charge in [-0.25, -0.2) is 8.78 Å². The molecule has 0 radical (unpaired) electrons. The van der Waals surface area contributed by atoms with E-state index in [1.54, 1.807) is 19.2 Å². The zero-order valence-corrected chi connectivity index (χ0v) is 15.1. The monoisotopic (exact) mass is 385 g/mol. The number of amides is 1. The van der Waals surface area contributed by atoms with E-state index in [1.165, 1.54) is 4.90 Å². The van der Waals surface area contributed by atoms with Gasteiger partial charge >= 0.3 is 0 Å². The third-order valence-corrected chi connectivity index (χ3v) is 4.75. The lowest BCUT2D eigenvalue weighted by Crippen LogP contribution is -2.31. The van der Waals surface area contributed by atoms with E-state index in [0.717, 1.165) is 18.2 Å². The van der Waals surface area contributed by atoms with Crippen LogP contribution in [0.4, 0.5) is 8.78 Å². The fourth-order valence-corrected chi connectivity index (χ4v) is 3.39. The van der Waals surface area contributed by atoms with Gasteiger partial charge in [0.05, 0.1) is 18.2 Å². The third-order valence-electron chi connectivity index (χ3n) is 4.75. The van der Waals surface area contributed by atoms with Crippen molar-refractivity contribution >= 4 is 5.91 Å². The Labute approximate surface area is 159 Å². The number of carbonyl (C=O) groups excluding carboxylic acids is 1. The number of likely N-dealkylation sites (tertiary alicyclic amines) is 1. The summed E-state index contributed by atoms with van der Waals surface area (Å²) in [5.41, 5.74) is 0.350. The van der Waals surface area contributed by atoms with Gasteiger partial charge in [-0.05, 0) is 43.2 Å². The number of rotatable bonds is 4. The number of benzene rings is 2. The summed E-state index contributed by atoms with van der Waals surface area (Å²) in [6, 6.07) is 9.56. The minimum atomic E-state index is -0.766. The lowest BCUT2D eigenvalue weighted by Gasteiger charge is -2.22. The summed E-state index contributed by atoms with van der Waals surface area (Å²) in [5, 5.41) is 4.00. The lowest BCUT2D eigenvalue weighted by molar-refractivity contribution is 0.0704. The topological polar surface area (TPSA) is 68.5 Å². The number of nitrogens with zero attached hydrogens (tertiary/aromatic N) is 3. The molecular formula is C20H17F2N3O3. The number of methoxy groups -OCH3 is 1. The summed E-state index contributed by atoms with van der Waals surface area (Å²) in [6.07, 6.45) is 1.29. The molecule has 0 aliphatic carbocycles. The molecule has 0 bridgehead atoms. The molecular weight excluding hydrogens is 368 g/mol. The van der Waals surface area contributed by atoms with Gasteiger partial charge in [0.1, 0.15) is 23.4 Å². The molecule has 1 aromatic heterocycles. The maximum atomic E-state index is 14.0. The van der Waals surface area contributed by atoms with Crippen LogP contribution >= 0.6 is 0 Å². The highest BCUT2D eigenvalue weighted by molar-refractivity contribution is 5.95. The van der Waals surface area contributed by atoms with Crippen LogP contribution in [0.3, 0.4) is 0 Å². The minimum absolute atomic E-state index is 0.253. The number of hydrogen-bond donors (Lipinski definition) is 0. The highest BCUT2D eigenvalue weighted by atomic mass is 19.1. The van der Waals surface area contributed by atoms with E-state index in [0.29, 0.717) is 36.5 Å². The Morgan fingerprint density at radius 1 is 1.25 bits per heavy atom. The molecule has 144 valence electrons. The molecule has 1 saturated heterocycles. The number of para-hydroxylation sites is 1. The van der Waals surface area contributed by atoms with Crippen molar-refractivity contribution in [3.63, 3.8) is 0 Å². The van der Waals surface area contributed by atoms with Gasteiger partial charge in [0, 0.05) is 6.54 Å². The molecule has 1 fully saturated rings. The number of halogens is 2. The average Bonchev–Trinajstić information content (AvgIpc) is 3.38. The van der Waals surface area contributed by atoms with Crippen molar-refractivity contribution in [2.45, 2.75) is 18.9 Å². The molecule has 0 N–H and O–H groups in total. The molecule has 0 spiro atoms. The van der Waals surface area contributed by atoms with E-state index >= 15 is 0 Å². The fraction of sp³-hybridized carbons (Fsp3) is 0.250. The molecule has 3 aromatic rings. The summed E-state index contributed by atoms with van der Waals surface area (Å²) >= 11 is 0. The maximum Gasteiger partial charge on any atom is 0.257 e. The predicted molar refractivity (Wildman–Crippen MR) is 95.7 cm³/mol. The normalized spacial score (nSPS) is 16.4. The highest BCUT2D eigenvalue weighted by Crippen LogP contribution is 2.35. The second-order valence-electron chi connectivity index (χ2n) is 6.44. The Bertz CT molecular complexity index is 1020. The van der Waals surface area contributed by atoms with Gasteiger partial charge in [-0.3, -0.25) is 4.79 Å². The molecule has 2 heterocycles. The first-order valence-electron chi connectivity index (χ1n) is 8.81. The van der Waals surface area contributed by atoms with E-state index in [2.05, 4.69) is 10.1 Å². The van der Waals surface area contributed by atoms with Crippen molar-refractivity contribution in [1.29, 1.82) is 0 Å². The van der Waals surface area contributed by atoms with Crippen LogP contribution in [0.2, 0.25) is 0 Å². The molecule has 1 aliphatic heterocycles. The first-order chi connectivity index (χ1) is 13.6. The number of hydrogen-bond acceptors (Lipinski definition) is 5. The molecule has 1 atom stereocenters. The molecule has 8 heteroatoms. The van der Waals surface area contributed by atoms with Gasteiger partial charge in [0.2, 0.25) is 11.7 Å². The van der Waals surface area contributed by atoms with Gasteiger partial charge < -0.3 is 14.2 Å². The predicted octanol–water partition coefficient (Wildman–Crippen LogP) is 4.00. The first-order valence-corrected chi connectivity index (χ1v) is 8.81. The SMILES string of the molecule is COc1ccccc1-c1noc([C@@H]2CCCN2C(=O)c2cc(F)ccc2F)n1. The van der Waals surface area contributed by atoms with E-state index < -0.39 is 23.6 Å². The molecule has 1 aliphatic rings. The second-order valence-corrected chi connectivity index (χ2v) is 6.44.